The van der Waals surface area contributed by atoms with Gasteiger partial charge in [-0.25, -0.2) is 0 Å². The molecule has 0 heterocycles. The predicted octanol–water partition coefficient (Wildman–Crippen LogP) is 3.97. The van der Waals surface area contributed by atoms with Crippen molar-refractivity contribution in [1.82, 2.24) is 0 Å². The van der Waals surface area contributed by atoms with Crippen LogP contribution in [0.4, 0.5) is 0 Å². The van der Waals surface area contributed by atoms with Crippen molar-refractivity contribution in [2.45, 2.75) is 58.3 Å². The van der Waals surface area contributed by atoms with Crippen LogP contribution in [0.3, 0.4) is 0 Å². The molecule has 114 valence electrons. The smallest absolute Gasteiger partial charge is 0.264 e. The zero-order valence-corrected chi connectivity index (χ0v) is 13.5. The van der Waals surface area contributed by atoms with Crippen LogP contribution < -0.4 is 0 Å². The molecule has 1 aromatic rings. The van der Waals surface area contributed by atoms with Crippen LogP contribution >= 0.6 is 0 Å². The third kappa shape index (κ3) is 5.63. The summed E-state index contributed by atoms with van der Waals surface area (Å²) in [6, 6.07) is 8.49. The van der Waals surface area contributed by atoms with E-state index in [4.69, 9.17) is 4.55 Å². The topological polar surface area (TPSA) is 54.4 Å². The van der Waals surface area contributed by atoms with Crippen molar-refractivity contribution in [2.24, 2.45) is 0 Å². The molecule has 0 atom stereocenters. The largest absolute Gasteiger partial charge is 0.286 e. The van der Waals surface area contributed by atoms with Crippen molar-refractivity contribution < 1.29 is 13.0 Å². The first-order valence-corrected chi connectivity index (χ1v) is 8.91. The van der Waals surface area contributed by atoms with Crippen molar-refractivity contribution in [1.29, 1.82) is 0 Å². The fraction of sp³-hybridized carbons (Fsp3) is 0.625. The predicted molar refractivity (Wildman–Crippen MR) is 83.7 cm³/mol. The van der Waals surface area contributed by atoms with Gasteiger partial charge in [-0.05, 0) is 42.2 Å². The molecule has 0 unspecified atom stereocenters. The van der Waals surface area contributed by atoms with Gasteiger partial charge in [0.2, 0.25) is 0 Å². The molecule has 0 bridgehead atoms. The van der Waals surface area contributed by atoms with Crippen molar-refractivity contribution in [3.63, 3.8) is 0 Å². The van der Waals surface area contributed by atoms with E-state index in [-0.39, 0.29) is 11.2 Å². The first-order valence-electron chi connectivity index (χ1n) is 7.30. The van der Waals surface area contributed by atoms with Gasteiger partial charge in [0, 0.05) is 0 Å². The van der Waals surface area contributed by atoms with Gasteiger partial charge in [-0.1, -0.05) is 51.5 Å². The van der Waals surface area contributed by atoms with Gasteiger partial charge in [0.1, 0.15) is 0 Å². The van der Waals surface area contributed by atoms with Crippen molar-refractivity contribution in [3.05, 3.63) is 35.4 Å². The normalized spacial score (nSPS) is 12.6. The van der Waals surface area contributed by atoms with Crippen LogP contribution in [0.15, 0.2) is 24.3 Å². The summed E-state index contributed by atoms with van der Waals surface area (Å²) in [6.45, 7) is 6.71. The fourth-order valence-electron chi connectivity index (χ4n) is 2.37. The van der Waals surface area contributed by atoms with Gasteiger partial charge in [-0.2, -0.15) is 8.42 Å². The van der Waals surface area contributed by atoms with Gasteiger partial charge in [0.15, 0.2) is 0 Å². The minimum absolute atomic E-state index is 0.130. The van der Waals surface area contributed by atoms with Crippen LogP contribution in [0.1, 0.15) is 57.6 Å². The fourth-order valence-corrected chi connectivity index (χ4v) is 2.93. The summed E-state index contributed by atoms with van der Waals surface area (Å²) in [7, 11) is -3.80. The molecule has 4 heteroatoms. The molecule has 0 aliphatic carbocycles. The molecule has 0 saturated heterocycles. The standard InChI is InChI=1S/C16H26O3S/c1-4-16(2,3)15-12-8-7-11-14(15)10-6-5-9-13-20(17,18)19/h7-8,11-12H,4-6,9-10,13H2,1-3H3,(H,17,18,19). The van der Waals surface area contributed by atoms with Crippen LogP contribution in [0.25, 0.3) is 0 Å². The maximum Gasteiger partial charge on any atom is 0.264 e. The van der Waals surface area contributed by atoms with Gasteiger partial charge >= 0.3 is 0 Å². The number of hydrogen-bond acceptors (Lipinski definition) is 2. The molecule has 1 aromatic carbocycles. The SMILES string of the molecule is CCC(C)(C)c1ccccc1CCCCCS(=O)(=O)O. The molecule has 1 rings (SSSR count). The minimum atomic E-state index is -3.80. The van der Waals surface area contributed by atoms with Crippen molar-refractivity contribution in [3.8, 4) is 0 Å². The Bertz CT molecular complexity index is 518. The van der Waals surface area contributed by atoms with E-state index in [1.165, 1.54) is 11.1 Å². The highest BCUT2D eigenvalue weighted by Gasteiger charge is 2.20. The summed E-state index contributed by atoms with van der Waals surface area (Å²) in [4.78, 5) is 0. The first-order chi connectivity index (χ1) is 9.26. The third-order valence-electron chi connectivity index (χ3n) is 3.98. The molecule has 0 radical (unpaired) electrons. The first kappa shape index (κ1) is 17.2. The van der Waals surface area contributed by atoms with Gasteiger partial charge in [0.05, 0.1) is 5.75 Å². The van der Waals surface area contributed by atoms with E-state index < -0.39 is 10.1 Å². The second-order valence-electron chi connectivity index (χ2n) is 5.99. The summed E-state index contributed by atoms with van der Waals surface area (Å²) in [5, 5.41) is 0. The van der Waals surface area contributed by atoms with E-state index in [0.29, 0.717) is 6.42 Å². The Morgan fingerprint density at radius 3 is 2.35 bits per heavy atom. The molecule has 0 aliphatic heterocycles. The third-order valence-corrected chi connectivity index (χ3v) is 4.78. The van der Waals surface area contributed by atoms with Crippen LogP contribution in [0, 0.1) is 0 Å². The van der Waals surface area contributed by atoms with Crippen LogP contribution in [-0.4, -0.2) is 18.7 Å². The molecule has 20 heavy (non-hydrogen) atoms. The monoisotopic (exact) mass is 298 g/mol. The Balaban J connectivity index is 2.57. The van der Waals surface area contributed by atoms with Crippen LogP contribution in [0.2, 0.25) is 0 Å². The number of aryl methyl sites for hydroxylation is 1. The average Bonchev–Trinajstić information content (AvgIpc) is 2.37. The Labute approximate surface area is 123 Å². The quantitative estimate of drug-likeness (QED) is 0.583. The highest BCUT2D eigenvalue weighted by Crippen LogP contribution is 2.30. The molecule has 0 fully saturated rings. The van der Waals surface area contributed by atoms with Crippen molar-refractivity contribution in [2.75, 3.05) is 5.75 Å². The molecular weight excluding hydrogens is 272 g/mol. The van der Waals surface area contributed by atoms with Gasteiger partial charge in [-0.15, -0.1) is 0 Å². The molecule has 0 amide bonds. The maximum absolute atomic E-state index is 10.6. The van der Waals surface area contributed by atoms with Crippen LogP contribution in [0.5, 0.6) is 0 Å². The van der Waals surface area contributed by atoms with E-state index in [1.54, 1.807) is 0 Å². The summed E-state index contributed by atoms with van der Waals surface area (Å²) in [5.74, 6) is -0.130. The summed E-state index contributed by atoms with van der Waals surface area (Å²) < 4.78 is 30.0. The molecule has 0 aliphatic rings. The lowest BCUT2D eigenvalue weighted by molar-refractivity contribution is 0.479. The number of benzene rings is 1. The van der Waals surface area contributed by atoms with Crippen molar-refractivity contribution >= 4 is 10.1 Å². The zero-order chi connectivity index (χ0) is 15.2. The Hall–Kier alpha value is -0.870. The highest BCUT2D eigenvalue weighted by atomic mass is 32.2. The Morgan fingerprint density at radius 2 is 1.75 bits per heavy atom. The van der Waals surface area contributed by atoms with E-state index in [1.807, 2.05) is 0 Å². The number of unbranched alkanes of at least 4 members (excludes halogenated alkanes) is 2. The molecule has 0 aromatic heterocycles. The van der Waals surface area contributed by atoms with E-state index in [2.05, 4.69) is 45.0 Å². The second-order valence-corrected chi connectivity index (χ2v) is 7.56. The van der Waals surface area contributed by atoms with Gasteiger partial charge in [0.25, 0.3) is 10.1 Å². The van der Waals surface area contributed by atoms with E-state index in [0.717, 1.165) is 25.7 Å². The molecular formula is C16H26O3S. The van der Waals surface area contributed by atoms with Crippen LogP contribution in [-0.2, 0) is 22.0 Å². The lowest BCUT2D eigenvalue weighted by Gasteiger charge is -2.26. The van der Waals surface area contributed by atoms with Gasteiger partial charge < -0.3 is 0 Å². The average molecular weight is 298 g/mol. The Morgan fingerprint density at radius 1 is 1.10 bits per heavy atom. The maximum atomic E-state index is 10.6. The minimum Gasteiger partial charge on any atom is -0.286 e. The molecule has 3 nitrogen and oxygen atoms in total. The number of rotatable bonds is 8. The van der Waals surface area contributed by atoms with E-state index in [9.17, 15) is 8.42 Å². The lowest BCUT2D eigenvalue weighted by Crippen LogP contribution is -2.17. The Kier molecular flexibility index (Phi) is 6.21. The summed E-state index contributed by atoms with van der Waals surface area (Å²) in [5.41, 5.74) is 2.91. The highest BCUT2D eigenvalue weighted by molar-refractivity contribution is 7.85. The number of hydrogen-bond donors (Lipinski definition) is 1. The molecule has 0 spiro atoms. The summed E-state index contributed by atoms with van der Waals surface area (Å²) in [6.07, 6.45) is 4.35. The molecule has 0 saturated carbocycles. The van der Waals surface area contributed by atoms with Gasteiger partial charge in [-0.3, -0.25) is 4.55 Å². The second kappa shape index (κ2) is 7.23. The zero-order valence-electron chi connectivity index (χ0n) is 12.7. The van der Waals surface area contributed by atoms with E-state index >= 15 is 0 Å². The summed E-state index contributed by atoms with van der Waals surface area (Å²) >= 11 is 0. The lowest BCUT2D eigenvalue weighted by atomic mass is 9.79. The molecule has 1 N–H and O–H groups in total.